The van der Waals surface area contributed by atoms with Crippen LogP contribution in [0.3, 0.4) is 0 Å². The predicted octanol–water partition coefficient (Wildman–Crippen LogP) is 4.19. The van der Waals surface area contributed by atoms with Crippen molar-refractivity contribution in [3.8, 4) is 0 Å². The number of aryl methyl sites for hydroxylation is 1. The highest BCUT2D eigenvalue weighted by molar-refractivity contribution is 8.27. The van der Waals surface area contributed by atoms with Gasteiger partial charge in [-0.1, -0.05) is 43.5 Å². The highest BCUT2D eigenvalue weighted by Crippen LogP contribution is 2.36. The van der Waals surface area contributed by atoms with Crippen LogP contribution in [0.25, 0.3) is 6.08 Å². The average Bonchev–Trinajstić information content (AvgIpc) is 3.05. The molecule has 1 fully saturated rings. The van der Waals surface area contributed by atoms with Gasteiger partial charge in [-0.15, -0.1) is 0 Å². The number of amidine groups is 2. The van der Waals surface area contributed by atoms with Crippen LogP contribution in [0.4, 0.5) is 0 Å². The van der Waals surface area contributed by atoms with E-state index in [0.29, 0.717) is 16.7 Å². The van der Waals surface area contributed by atoms with Gasteiger partial charge in [-0.2, -0.15) is 15.1 Å². The van der Waals surface area contributed by atoms with E-state index in [1.807, 2.05) is 31.2 Å². The quantitative estimate of drug-likeness (QED) is 0.811. The molecule has 0 spiro atoms. The van der Waals surface area contributed by atoms with Gasteiger partial charge < -0.3 is 0 Å². The number of carbonyl (C=O) groups excluding carboxylic acids is 1. The normalized spacial score (nSPS) is 22.9. The highest BCUT2D eigenvalue weighted by Gasteiger charge is 2.37. The largest absolute Gasteiger partial charge is 0.283 e. The first-order chi connectivity index (χ1) is 12.1. The maximum absolute atomic E-state index is 12.5. The number of fused-ring (bicyclic) bond motifs is 1. The second-order valence-electron chi connectivity index (χ2n) is 6.65. The minimum Gasteiger partial charge on any atom is -0.282 e. The number of rotatable bonds is 2. The summed E-state index contributed by atoms with van der Waals surface area (Å²) in [7, 11) is 0. The second-order valence-corrected chi connectivity index (χ2v) is 7.64. The van der Waals surface area contributed by atoms with Gasteiger partial charge in [0.25, 0.3) is 5.91 Å². The molecule has 2 aliphatic heterocycles. The van der Waals surface area contributed by atoms with Crippen LogP contribution in [-0.2, 0) is 4.79 Å². The summed E-state index contributed by atoms with van der Waals surface area (Å²) in [5.74, 6) is 0.211. The fourth-order valence-corrected chi connectivity index (χ4v) is 4.48. The van der Waals surface area contributed by atoms with Crippen molar-refractivity contribution in [2.45, 2.75) is 39.0 Å². The fourth-order valence-electron chi connectivity index (χ4n) is 3.43. The van der Waals surface area contributed by atoms with Gasteiger partial charge in [0, 0.05) is 5.92 Å². The van der Waals surface area contributed by atoms with Gasteiger partial charge in [-0.25, -0.2) is 0 Å². The standard InChI is InChI=1S/C19H20N4OS/c1-12-7-5-6-10-14(12)11-15-16(20)23-19(21-17(15)24)25-18(22-23)13-8-3-2-4-9-13/h5-7,10-11,13,20H,2-4,8-9H2,1H3/b15-11-,20-16?. The molecule has 1 aliphatic carbocycles. The molecule has 0 unspecified atom stereocenters. The molecule has 0 radical (unpaired) electrons. The van der Waals surface area contributed by atoms with E-state index in [4.69, 9.17) is 5.41 Å². The third kappa shape index (κ3) is 3.06. The molecule has 0 atom stereocenters. The molecule has 1 aromatic rings. The first-order valence-corrected chi connectivity index (χ1v) is 9.51. The third-order valence-corrected chi connectivity index (χ3v) is 5.98. The summed E-state index contributed by atoms with van der Waals surface area (Å²) in [5.41, 5.74) is 2.29. The summed E-state index contributed by atoms with van der Waals surface area (Å²) in [6.45, 7) is 1.99. The van der Waals surface area contributed by atoms with Gasteiger partial charge in [0.05, 0.1) is 5.57 Å². The van der Waals surface area contributed by atoms with Gasteiger partial charge in [-0.3, -0.25) is 10.2 Å². The number of benzene rings is 1. The van der Waals surface area contributed by atoms with E-state index in [-0.39, 0.29) is 11.7 Å². The van der Waals surface area contributed by atoms with E-state index < -0.39 is 0 Å². The highest BCUT2D eigenvalue weighted by atomic mass is 32.2. The van der Waals surface area contributed by atoms with E-state index in [1.165, 1.54) is 36.0 Å². The predicted molar refractivity (Wildman–Crippen MR) is 103 cm³/mol. The van der Waals surface area contributed by atoms with Gasteiger partial charge in [0.15, 0.2) is 5.84 Å². The molecule has 5 nitrogen and oxygen atoms in total. The van der Waals surface area contributed by atoms with Crippen molar-refractivity contribution in [3.63, 3.8) is 0 Å². The molecule has 0 bridgehead atoms. The number of hydrogen-bond acceptors (Lipinski definition) is 4. The average molecular weight is 352 g/mol. The van der Waals surface area contributed by atoms with Gasteiger partial charge >= 0.3 is 0 Å². The summed E-state index contributed by atoms with van der Waals surface area (Å²) in [5, 5.41) is 16.2. The van der Waals surface area contributed by atoms with Crippen molar-refractivity contribution in [2.24, 2.45) is 16.0 Å². The summed E-state index contributed by atoms with van der Waals surface area (Å²) >= 11 is 1.46. The first-order valence-electron chi connectivity index (χ1n) is 8.69. The molecule has 2 heterocycles. The van der Waals surface area contributed by atoms with E-state index in [1.54, 1.807) is 6.08 Å². The lowest BCUT2D eigenvalue weighted by Gasteiger charge is -2.20. The Labute approximate surface area is 151 Å². The molecule has 1 saturated carbocycles. The number of nitrogens with zero attached hydrogens (tertiary/aromatic N) is 3. The maximum atomic E-state index is 12.5. The molecule has 0 saturated heterocycles. The van der Waals surface area contributed by atoms with E-state index in [2.05, 4.69) is 10.1 Å². The molecular weight excluding hydrogens is 332 g/mol. The minimum absolute atomic E-state index is 0.122. The zero-order valence-corrected chi connectivity index (χ0v) is 15.0. The van der Waals surface area contributed by atoms with Crippen LogP contribution >= 0.6 is 11.8 Å². The lowest BCUT2D eigenvalue weighted by molar-refractivity contribution is -0.114. The molecule has 25 heavy (non-hydrogen) atoms. The molecule has 128 valence electrons. The van der Waals surface area contributed by atoms with Crippen molar-refractivity contribution in [3.05, 3.63) is 41.0 Å². The molecule has 1 amide bonds. The number of amides is 1. The summed E-state index contributed by atoms with van der Waals surface area (Å²) in [6, 6.07) is 7.82. The van der Waals surface area contributed by atoms with E-state index in [0.717, 1.165) is 29.0 Å². The molecule has 1 aromatic carbocycles. The number of aliphatic imine (C=N–C) groups is 1. The van der Waals surface area contributed by atoms with Gasteiger partial charge in [-0.05, 0) is 48.7 Å². The van der Waals surface area contributed by atoms with E-state index in [9.17, 15) is 4.79 Å². The van der Waals surface area contributed by atoms with Gasteiger partial charge in [0.2, 0.25) is 5.17 Å². The Morgan fingerprint density at radius 2 is 2.00 bits per heavy atom. The van der Waals surface area contributed by atoms with Crippen LogP contribution in [0.1, 0.15) is 43.2 Å². The molecule has 3 aliphatic rings. The van der Waals surface area contributed by atoms with Crippen molar-refractivity contribution >= 4 is 39.8 Å². The molecule has 0 aromatic heterocycles. The summed E-state index contributed by atoms with van der Waals surface area (Å²) < 4.78 is 0. The summed E-state index contributed by atoms with van der Waals surface area (Å²) in [4.78, 5) is 16.6. The van der Waals surface area contributed by atoms with Crippen LogP contribution in [-0.4, -0.2) is 27.0 Å². The first kappa shape index (κ1) is 16.3. The Balaban J connectivity index is 1.65. The fraction of sp³-hybridized carbons (Fsp3) is 0.368. The van der Waals surface area contributed by atoms with Crippen LogP contribution in [0.15, 0.2) is 39.9 Å². The van der Waals surface area contributed by atoms with Crippen LogP contribution in [0.5, 0.6) is 0 Å². The SMILES string of the molecule is Cc1ccccc1/C=C1/C(=N)N2N=C(C3CCCCC3)SC2=NC1=O. The number of nitrogens with one attached hydrogen (secondary N) is 1. The van der Waals surface area contributed by atoms with Crippen LogP contribution in [0, 0.1) is 18.3 Å². The Morgan fingerprint density at radius 3 is 2.76 bits per heavy atom. The zero-order chi connectivity index (χ0) is 17.4. The topological polar surface area (TPSA) is 68.9 Å². The smallest absolute Gasteiger partial charge is 0.282 e. The Kier molecular flexibility index (Phi) is 4.29. The molecular formula is C19H20N4OS. The second kappa shape index (κ2) is 6.59. The Morgan fingerprint density at radius 1 is 1.24 bits per heavy atom. The molecule has 6 heteroatoms. The van der Waals surface area contributed by atoms with Crippen molar-refractivity contribution in [2.75, 3.05) is 0 Å². The number of carbonyl (C=O) groups is 1. The lowest BCUT2D eigenvalue weighted by atomic mass is 9.90. The number of hydrogen-bond donors (Lipinski definition) is 1. The zero-order valence-electron chi connectivity index (χ0n) is 14.2. The number of hydrazone groups is 1. The third-order valence-electron chi connectivity index (χ3n) is 4.91. The van der Waals surface area contributed by atoms with Crippen molar-refractivity contribution < 1.29 is 4.79 Å². The van der Waals surface area contributed by atoms with Crippen LogP contribution < -0.4 is 0 Å². The Bertz CT molecular complexity index is 834. The van der Waals surface area contributed by atoms with Crippen molar-refractivity contribution in [1.29, 1.82) is 5.41 Å². The van der Waals surface area contributed by atoms with Crippen molar-refractivity contribution in [1.82, 2.24) is 5.01 Å². The molecule has 4 rings (SSSR count). The lowest BCUT2D eigenvalue weighted by Crippen LogP contribution is -2.35. The number of thioether (sulfide) groups is 1. The minimum atomic E-state index is -0.355. The summed E-state index contributed by atoms with van der Waals surface area (Å²) in [6.07, 6.45) is 7.77. The molecule has 1 N–H and O–H groups in total. The Hall–Kier alpha value is -2.21. The van der Waals surface area contributed by atoms with Gasteiger partial charge in [0.1, 0.15) is 5.04 Å². The monoisotopic (exact) mass is 352 g/mol. The van der Waals surface area contributed by atoms with Crippen LogP contribution in [0.2, 0.25) is 0 Å². The maximum Gasteiger partial charge on any atom is 0.283 e. The van der Waals surface area contributed by atoms with E-state index >= 15 is 0 Å².